The van der Waals surface area contributed by atoms with Crippen LogP contribution in [0.2, 0.25) is 0 Å². The number of rotatable bonds is 5. The van der Waals surface area contributed by atoms with Gasteiger partial charge in [-0.15, -0.1) is 0 Å². The van der Waals surface area contributed by atoms with Crippen molar-refractivity contribution in [3.8, 4) is 0 Å². The van der Waals surface area contributed by atoms with Crippen molar-refractivity contribution >= 4 is 32.5 Å². The highest BCUT2D eigenvalue weighted by Crippen LogP contribution is 2.21. The maximum absolute atomic E-state index is 12.1. The lowest BCUT2D eigenvalue weighted by Gasteiger charge is -2.10. The lowest BCUT2D eigenvalue weighted by Crippen LogP contribution is -2.36. The van der Waals surface area contributed by atoms with Crippen LogP contribution in [0.3, 0.4) is 0 Å². The van der Waals surface area contributed by atoms with Gasteiger partial charge >= 0.3 is 5.22 Å². The van der Waals surface area contributed by atoms with Crippen LogP contribution in [-0.4, -0.2) is 31.1 Å². The predicted molar refractivity (Wildman–Crippen MR) is 78.4 cm³/mol. The first kappa shape index (κ1) is 15.3. The van der Waals surface area contributed by atoms with E-state index in [-0.39, 0.29) is 11.6 Å². The molecule has 0 aliphatic carbocycles. The number of hydrogen-bond acceptors (Lipinski definition) is 6. The number of aromatic nitrogens is 1. The van der Waals surface area contributed by atoms with Crippen LogP contribution < -0.4 is 11.1 Å². The highest BCUT2D eigenvalue weighted by atomic mass is 32.2. The van der Waals surface area contributed by atoms with E-state index in [1.165, 1.54) is 6.07 Å². The molecule has 1 aromatic heterocycles. The number of nitrogens with zero attached hydrogens (tertiary/aromatic N) is 1. The van der Waals surface area contributed by atoms with Crippen molar-refractivity contribution in [1.82, 2.24) is 10.3 Å². The summed E-state index contributed by atoms with van der Waals surface area (Å²) in [5.74, 6) is -1.27. The van der Waals surface area contributed by atoms with Crippen LogP contribution in [0.15, 0.2) is 27.8 Å². The lowest BCUT2D eigenvalue weighted by molar-refractivity contribution is -0.119. The fourth-order valence-electron chi connectivity index (χ4n) is 1.71. The smallest absolute Gasteiger partial charge is 0.316 e. The molecule has 8 heteroatoms. The summed E-state index contributed by atoms with van der Waals surface area (Å²) in [4.78, 5) is 15.6. The largest absolute Gasteiger partial charge is 0.428 e. The third kappa shape index (κ3) is 3.52. The van der Waals surface area contributed by atoms with Gasteiger partial charge in [-0.05, 0) is 25.5 Å². The van der Waals surface area contributed by atoms with Crippen molar-refractivity contribution in [3.63, 3.8) is 0 Å². The third-order valence-electron chi connectivity index (χ3n) is 3.00. The number of nitrogens with two attached hydrogens (primary N) is 1. The molecule has 1 heterocycles. The number of hydrogen-bond donors (Lipinski definition) is 2. The average Bonchev–Trinajstić information content (AvgIpc) is 2.81. The number of nitrogens with one attached hydrogen (secondary N) is 1. The minimum atomic E-state index is -3.92. The molecule has 1 unspecified atom stereocenters. The summed E-state index contributed by atoms with van der Waals surface area (Å²) in [5, 5.41) is 2.12. The fourth-order valence-corrected chi connectivity index (χ4v) is 2.71. The number of sulfone groups is 1. The zero-order valence-electron chi connectivity index (χ0n) is 11.8. The van der Waals surface area contributed by atoms with E-state index >= 15 is 0 Å². The molecule has 0 aliphatic rings. The fraction of sp³-hybridized carbons (Fsp3) is 0.385. The van der Waals surface area contributed by atoms with Gasteiger partial charge in [-0.2, -0.15) is 4.98 Å². The van der Waals surface area contributed by atoms with Crippen LogP contribution in [0.1, 0.15) is 20.3 Å². The van der Waals surface area contributed by atoms with E-state index in [2.05, 4.69) is 10.3 Å². The second kappa shape index (κ2) is 5.72. The standard InChI is InChI=1S/C13H17N3O4S/c1-3-8(2)15-12(17)7-21(18,19)13-16-10-5-4-9(14)6-11(10)20-13/h4-6,8H,3,7,14H2,1-2H3,(H,15,17). The molecule has 7 nitrogen and oxygen atoms in total. The first-order chi connectivity index (χ1) is 9.81. The summed E-state index contributed by atoms with van der Waals surface area (Å²) in [6.45, 7) is 3.69. The molecule has 3 N–H and O–H groups in total. The number of benzene rings is 1. The minimum Gasteiger partial charge on any atom is -0.428 e. The van der Waals surface area contributed by atoms with E-state index in [1.807, 2.05) is 6.92 Å². The lowest BCUT2D eigenvalue weighted by atomic mass is 10.3. The Bertz CT molecular complexity index is 767. The second-order valence-electron chi connectivity index (χ2n) is 4.84. The topological polar surface area (TPSA) is 115 Å². The molecule has 1 amide bonds. The number of fused-ring (bicyclic) bond motifs is 1. The molecular weight excluding hydrogens is 294 g/mol. The number of oxazole rings is 1. The van der Waals surface area contributed by atoms with Crippen LogP contribution in [0.25, 0.3) is 11.1 Å². The summed E-state index contributed by atoms with van der Waals surface area (Å²) in [7, 11) is -3.92. The molecule has 21 heavy (non-hydrogen) atoms. The molecule has 0 bridgehead atoms. The normalized spacial score (nSPS) is 13.2. The Morgan fingerprint density at radius 2 is 2.19 bits per heavy atom. The molecule has 1 aromatic carbocycles. The molecule has 0 spiro atoms. The zero-order valence-corrected chi connectivity index (χ0v) is 12.6. The summed E-state index contributed by atoms with van der Waals surface area (Å²) < 4.78 is 29.4. The van der Waals surface area contributed by atoms with Crippen molar-refractivity contribution in [3.05, 3.63) is 18.2 Å². The quantitative estimate of drug-likeness (QED) is 0.799. The Balaban J connectivity index is 2.23. The molecule has 0 fully saturated rings. The van der Waals surface area contributed by atoms with E-state index in [0.29, 0.717) is 17.6 Å². The summed E-state index contributed by atoms with van der Waals surface area (Å²) in [6, 6.07) is 4.56. The van der Waals surface area contributed by atoms with E-state index < -0.39 is 26.7 Å². The van der Waals surface area contributed by atoms with Gasteiger partial charge in [0.15, 0.2) is 5.58 Å². The molecule has 0 radical (unpaired) electrons. The number of carbonyl (C=O) groups excluding carboxylic acids is 1. The summed E-state index contributed by atoms with van der Waals surface area (Å²) in [5.41, 5.74) is 6.69. The minimum absolute atomic E-state index is 0.0869. The third-order valence-corrected chi connectivity index (χ3v) is 4.35. The van der Waals surface area contributed by atoms with Gasteiger partial charge < -0.3 is 15.5 Å². The van der Waals surface area contributed by atoms with Gasteiger partial charge in [-0.25, -0.2) is 8.42 Å². The Morgan fingerprint density at radius 1 is 1.48 bits per heavy atom. The van der Waals surface area contributed by atoms with Crippen LogP contribution >= 0.6 is 0 Å². The Kier molecular flexibility index (Phi) is 4.17. The molecule has 2 rings (SSSR count). The second-order valence-corrected chi connectivity index (χ2v) is 6.71. The molecule has 2 aromatic rings. The molecule has 0 saturated carbocycles. The maximum Gasteiger partial charge on any atom is 0.316 e. The first-order valence-electron chi connectivity index (χ1n) is 6.50. The van der Waals surface area contributed by atoms with Gasteiger partial charge in [0.25, 0.3) is 0 Å². The first-order valence-corrected chi connectivity index (χ1v) is 8.15. The van der Waals surface area contributed by atoms with Gasteiger partial charge in [0.2, 0.25) is 15.7 Å². The highest BCUT2D eigenvalue weighted by Gasteiger charge is 2.26. The number of nitrogen functional groups attached to an aromatic ring is 1. The Morgan fingerprint density at radius 3 is 2.86 bits per heavy atom. The summed E-state index contributed by atoms with van der Waals surface area (Å²) >= 11 is 0. The SMILES string of the molecule is CCC(C)NC(=O)CS(=O)(=O)c1nc2ccc(N)cc2o1. The average molecular weight is 311 g/mol. The van der Waals surface area contributed by atoms with Crippen molar-refractivity contribution in [1.29, 1.82) is 0 Å². The van der Waals surface area contributed by atoms with Crippen LogP contribution in [0.4, 0.5) is 5.69 Å². The van der Waals surface area contributed by atoms with Crippen LogP contribution in [0, 0.1) is 0 Å². The summed E-state index contributed by atoms with van der Waals surface area (Å²) in [6.07, 6.45) is 0.716. The van der Waals surface area contributed by atoms with Crippen LogP contribution in [0.5, 0.6) is 0 Å². The Hall–Kier alpha value is -2.09. The predicted octanol–water partition coefficient (Wildman–Crippen LogP) is 1.10. The van der Waals surface area contributed by atoms with Gasteiger partial charge in [0.1, 0.15) is 11.3 Å². The maximum atomic E-state index is 12.1. The molecule has 0 aliphatic heterocycles. The Labute approximate surface area is 122 Å². The molecule has 114 valence electrons. The van der Waals surface area contributed by atoms with E-state index in [1.54, 1.807) is 19.1 Å². The van der Waals surface area contributed by atoms with Gasteiger partial charge in [0.05, 0.1) is 0 Å². The van der Waals surface area contributed by atoms with Gasteiger partial charge in [0, 0.05) is 17.8 Å². The van der Waals surface area contributed by atoms with Gasteiger partial charge in [-0.1, -0.05) is 6.92 Å². The number of anilines is 1. The number of amides is 1. The zero-order chi connectivity index (χ0) is 15.6. The van der Waals surface area contributed by atoms with Crippen LogP contribution in [-0.2, 0) is 14.6 Å². The van der Waals surface area contributed by atoms with Gasteiger partial charge in [-0.3, -0.25) is 4.79 Å². The van der Waals surface area contributed by atoms with Crippen molar-refractivity contribution in [2.24, 2.45) is 0 Å². The van der Waals surface area contributed by atoms with E-state index in [0.717, 1.165) is 0 Å². The molecular formula is C13H17N3O4S. The monoisotopic (exact) mass is 311 g/mol. The van der Waals surface area contributed by atoms with E-state index in [9.17, 15) is 13.2 Å². The van der Waals surface area contributed by atoms with E-state index in [4.69, 9.17) is 10.2 Å². The molecule has 1 atom stereocenters. The van der Waals surface area contributed by atoms with Crippen molar-refractivity contribution < 1.29 is 17.6 Å². The molecule has 0 saturated heterocycles. The number of carbonyl (C=O) groups is 1. The van der Waals surface area contributed by atoms with Crippen molar-refractivity contribution in [2.45, 2.75) is 31.5 Å². The highest BCUT2D eigenvalue weighted by molar-refractivity contribution is 7.91. The van der Waals surface area contributed by atoms with Crippen molar-refractivity contribution in [2.75, 3.05) is 11.5 Å².